The van der Waals surface area contributed by atoms with E-state index in [4.69, 9.17) is 5.41 Å². The van der Waals surface area contributed by atoms with Crippen molar-refractivity contribution in [3.05, 3.63) is 76.4 Å². The Hall–Kier alpha value is -3.47. The monoisotopic (exact) mass is 313 g/mol. The van der Waals surface area contributed by atoms with Crippen LogP contribution in [0.25, 0.3) is 18.2 Å². The second kappa shape index (κ2) is 5.96. The van der Waals surface area contributed by atoms with Crippen LogP contribution in [0.15, 0.2) is 64.3 Å². The lowest BCUT2D eigenvalue weighted by Crippen LogP contribution is -2.10. The molecule has 4 heterocycles. The Labute approximate surface area is 138 Å². The van der Waals surface area contributed by atoms with Crippen LogP contribution in [0.3, 0.4) is 0 Å². The van der Waals surface area contributed by atoms with Crippen molar-refractivity contribution in [1.29, 1.82) is 5.41 Å². The maximum absolute atomic E-state index is 7.45. The van der Waals surface area contributed by atoms with Crippen molar-refractivity contribution in [3.8, 4) is 0 Å². The highest BCUT2D eigenvalue weighted by Crippen LogP contribution is 2.11. The molecule has 0 saturated heterocycles. The SMILES string of the molecule is N=C1C=CC(C=c2ccc(=Cc3ccc(C=C4C=CC=N4)[nH]3)[nH]2)=N1. The topological polar surface area (TPSA) is 80.1 Å². The Kier molecular flexibility index (Phi) is 3.51. The molecule has 0 spiro atoms. The predicted octanol–water partition coefficient (Wildman–Crippen LogP) is 1.92. The van der Waals surface area contributed by atoms with Gasteiger partial charge in [-0.25, -0.2) is 4.99 Å². The Morgan fingerprint density at radius 1 is 0.833 bits per heavy atom. The molecular formula is C19H15N5. The fourth-order valence-corrected chi connectivity index (χ4v) is 2.54. The van der Waals surface area contributed by atoms with Gasteiger partial charge in [0.25, 0.3) is 0 Å². The van der Waals surface area contributed by atoms with Crippen molar-refractivity contribution in [2.45, 2.75) is 0 Å². The maximum atomic E-state index is 7.45. The lowest BCUT2D eigenvalue weighted by Gasteiger charge is -1.89. The van der Waals surface area contributed by atoms with E-state index in [0.29, 0.717) is 0 Å². The first kappa shape index (κ1) is 14.1. The van der Waals surface area contributed by atoms with E-state index in [-0.39, 0.29) is 5.84 Å². The number of amidine groups is 1. The number of hydrogen-bond acceptors (Lipinski definition) is 2. The molecule has 24 heavy (non-hydrogen) atoms. The van der Waals surface area contributed by atoms with Crippen LogP contribution in [0, 0.1) is 5.41 Å². The molecule has 0 radical (unpaired) electrons. The summed E-state index contributed by atoms with van der Waals surface area (Å²) in [4.78, 5) is 15.0. The lowest BCUT2D eigenvalue weighted by atomic mass is 10.3. The van der Waals surface area contributed by atoms with Crippen LogP contribution in [0.4, 0.5) is 0 Å². The third kappa shape index (κ3) is 3.15. The summed E-state index contributed by atoms with van der Waals surface area (Å²) in [5.74, 6) is 0.286. The van der Waals surface area contributed by atoms with Gasteiger partial charge in [-0.15, -0.1) is 0 Å². The average molecular weight is 313 g/mol. The number of aromatic amines is 2. The summed E-state index contributed by atoms with van der Waals surface area (Å²) in [6, 6.07) is 8.07. The van der Waals surface area contributed by atoms with Crippen molar-refractivity contribution in [2.24, 2.45) is 9.98 Å². The van der Waals surface area contributed by atoms with Gasteiger partial charge in [0.1, 0.15) is 5.84 Å². The van der Waals surface area contributed by atoms with Crippen molar-refractivity contribution in [2.75, 3.05) is 0 Å². The first-order valence-corrected chi connectivity index (χ1v) is 7.60. The first-order chi connectivity index (χ1) is 11.7. The van der Waals surface area contributed by atoms with E-state index in [1.165, 1.54) is 0 Å². The second-order valence-corrected chi connectivity index (χ2v) is 5.49. The lowest BCUT2D eigenvalue weighted by molar-refractivity contribution is 1.26. The van der Waals surface area contributed by atoms with E-state index in [9.17, 15) is 0 Å². The smallest absolute Gasteiger partial charge is 0.145 e. The molecule has 0 atom stereocenters. The number of H-pyrrole nitrogens is 2. The van der Waals surface area contributed by atoms with Gasteiger partial charge >= 0.3 is 0 Å². The van der Waals surface area contributed by atoms with Gasteiger partial charge in [0, 0.05) is 28.3 Å². The van der Waals surface area contributed by atoms with E-state index in [1.54, 1.807) is 12.3 Å². The predicted molar refractivity (Wildman–Crippen MR) is 98.8 cm³/mol. The number of rotatable bonds is 3. The van der Waals surface area contributed by atoms with Crippen LogP contribution in [0.1, 0.15) is 11.4 Å². The zero-order valence-electron chi connectivity index (χ0n) is 12.8. The molecule has 0 bridgehead atoms. The van der Waals surface area contributed by atoms with Gasteiger partial charge in [-0.1, -0.05) is 0 Å². The summed E-state index contributed by atoms with van der Waals surface area (Å²) in [5, 5.41) is 9.40. The Bertz CT molecular complexity index is 1050. The van der Waals surface area contributed by atoms with E-state index in [2.05, 4.69) is 20.0 Å². The van der Waals surface area contributed by atoms with Gasteiger partial charge in [-0.2, -0.15) is 0 Å². The van der Waals surface area contributed by atoms with Crippen molar-refractivity contribution in [3.63, 3.8) is 0 Å². The highest BCUT2D eigenvalue weighted by atomic mass is 14.8. The molecule has 0 aliphatic carbocycles. The van der Waals surface area contributed by atoms with Gasteiger partial charge in [0.05, 0.1) is 11.4 Å². The van der Waals surface area contributed by atoms with Crippen LogP contribution in [0.5, 0.6) is 0 Å². The number of aliphatic imine (C=N–C) groups is 2. The minimum atomic E-state index is 0.286. The molecule has 0 unspecified atom stereocenters. The summed E-state index contributed by atoms with van der Waals surface area (Å²) in [6.45, 7) is 0. The number of aromatic nitrogens is 2. The molecule has 0 aromatic carbocycles. The summed E-state index contributed by atoms with van der Waals surface area (Å²) in [5.41, 5.74) is 3.76. The molecule has 2 aliphatic heterocycles. The minimum absolute atomic E-state index is 0.286. The third-order valence-electron chi connectivity index (χ3n) is 3.62. The molecular weight excluding hydrogens is 298 g/mol. The van der Waals surface area contributed by atoms with Crippen LogP contribution in [-0.4, -0.2) is 27.7 Å². The largest absolute Gasteiger partial charge is 0.355 e. The standard InChI is InChI=1S/C19H15N5/c20-19-8-7-18(24-19)12-17-6-5-16(23-17)11-15-4-3-14(22-15)10-13-2-1-9-21-13/h1-12,20,22-23H. The van der Waals surface area contributed by atoms with E-state index < -0.39 is 0 Å². The van der Waals surface area contributed by atoms with E-state index in [1.807, 2.05) is 60.7 Å². The quantitative estimate of drug-likeness (QED) is 0.774. The third-order valence-corrected chi connectivity index (χ3v) is 3.62. The highest BCUT2D eigenvalue weighted by Gasteiger charge is 2.00. The van der Waals surface area contributed by atoms with E-state index >= 15 is 0 Å². The minimum Gasteiger partial charge on any atom is -0.355 e. The van der Waals surface area contributed by atoms with Gasteiger partial charge in [-0.05, 0) is 66.8 Å². The molecule has 5 heteroatoms. The van der Waals surface area contributed by atoms with Crippen LogP contribution in [0.2, 0.25) is 0 Å². The number of hydrogen-bond donors (Lipinski definition) is 3. The van der Waals surface area contributed by atoms with Crippen LogP contribution < -0.4 is 10.7 Å². The zero-order chi connectivity index (χ0) is 16.4. The highest BCUT2D eigenvalue weighted by molar-refractivity contribution is 6.26. The molecule has 0 amide bonds. The molecule has 0 saturated carbocycles. The normalized spacial score (nSPS) is 19.2. The number of nitrogens with one attached hydrogen (secondary N) is 3. The zero-order valence-corrected chi connectivity index (χ0v) is 12.8. The molecule has 4 rings (SSSR count). The Morgan fingerprint density at radius 3 is 2.33 bits per heavy atom. The van der Waals surface area contributed by atoms with Crippen molar-refractivity contribution >= 4 is 36.0 Å². The maximum Gasteiger partial charge on any atom is 0.145 e. The molecule has 116 valence electrons. The molecule has 5 nitrogen and oxygen atoms in total. The number of nitrogens with zero attached hydrogens (tertiary/aromatic N) is 2. The van der Waals surface area contributed by atoms with Crippen molar-refractivity contribution in [1.82, 2.24) is 9.97 Å². The Morgan fingerprint density at radius 2 is 1.62 bits per heavy atom. The fraction of sp³-hybridized carbons (Fsp3) is 0. The fourth-order valence-electron chi connectivity index (χ4n) is 2.54. The first-order valence-electron chi connectivity index (χ1n) is 7.60. The molecule has 0 fully saturated rings. The van der Waals surface area contributed by atoms with Crippen molar-refractivity contribution < 1.29 is 0 Å². The van der Waals surface area contributed by atoms with Gasteiger partial charge in [0.2, 0.25) is 0 Å². The second-order valence-electron chi connectivity index (χ2n) is 5.49. The summed E-state index contributed by atoms with van der Waals surface area (Å²) < 4.78 is 0. The van der Waals surface area contributed by atoms with Gasteiger partial charge in [-0.3, -0.25) is 10.4 Å². The summed E-state index contributed by atoms with van der Waals surface area (Å²) in [7, 11) is 0. The van der Waals surface area contributed by atoms with Crippen LogP contribution >= 0.6 is 0 Å². The molecule has 2 aromatic heterocycles. The van der Waals surface area contributed by atoms with Crippen LogP contribution in [-0.2, 0) is 0 Å². The summed E-state index contributed by atoms with van der Waals surface area (Å²) >= 11 is 0. The molecule has 2 aliphatic rings. The van der Waals surface area contributed by atoms with Gasteiger partial charge < -0.3 is 9.97 Å². The molecule has 2 aromatic rings. The average Bonchev–Trinajstić information content (AvgIpc) is 3.32. The van der Waals surface area contributed by atoms with E-state index in [0.717, 1.165) is 33.5 Å². The Balaban J connectivity index is 1.59. The van der Waals surface area contributed by atoms with Gasteiger partial charge in [0.15, 0.2) is 0 Å². The number of allylic oxidation sites excluding steroid dienone is 3. The summed E-state index contributed by atoms with van der Waals surface area (Å²) in [6.07, 6.45) is 15.2. The molecule has 3 N–H and O–H groups in total.